The zero-order valence-corrected chi connectivity index (χ0v) is 19.8. The molecule has 2 aromatic rings. The fourth-order valence-electron chi connectivity index (χ4n) is 3.72. The SMILES string of the molecule is COC(=O)c1ccc(NN2C=C(Cc3c(Cl)cccc3Cl)[N+]3C=CN=C3C2C(N)=O)c(OC)c1. The lowest BCUT2D eigenvalue weighted by atomic mass is 10.1. The summed E-state index contributed by atoms with van der Waals surface area (Å²) < 4.78 is 10.2. The van der Waals surface area contributed by atoms with Gasteiger partial charge in [-0.15, -0.1) is 0 Å². The van der Waals surface area contributed by atoms with E-state index < -0.39 is 17.9 Å². The average Bonchev–Trinajstić information content (AvgIpc) is 3.30. The third-order valence-corrected chi connectivity index (χ3v) is 6.06. The minimum absolute atomic E-state index is 0.315. The Balaban J connectivity index is 1.74. The number of halogens is 2. The number of methoxy groups -OCH3 is 2. The van der Waals surface area contributed by atoms with E-state index in [2.05, 4.69) is 10.4 Å². The molecule has 0 aliphatic carbocycles. The summed E-state index contributed by atoms with van der Waals surface area (Å²) in [6.45, 7) is 0. The van der Waals surface area contributed by atoms with Gasteiger partial charge in [0.1, 0.15) is 5.75 Å². The fourth-order valence-corrected chi connectivity index (χ4v) is 4.25. The van der Waals surface area contributed by atoms with E-state index in [9.17, 15) is 9.59 Å². The monoisotopic (exact) mass is 501 g/mol. The van der Waals surface area contributed by atoms with Crippen molar-refractivity contribution in [3.05, 3.63) is 81.9 Å². The number of nitrogens with two attached hydrogens (primary N) is 1. The number of esters is 1. The van der Waals surface area contributed by atoms with Crippen molar-refractivity contribution in [1.29, 1.82) is 0 Å². The maximum Gasteiger partial charge on any atom is 0.337 e. The number of hydrazine groups is 1. The number of amidine groups is 1. The first-order valence-corrected chi connectivity index (χ1v) is 10.9. The van der Waals surface area contributed by atoms with Gasteiger partial charge in [0.05, 0.1) is 44.3 Å². The smallest absolute Gasteiger partial charge is 0.337 e. The molecule has 0 spiro atoms. The lowest BCUT2D eigenvalue weighted by molar-refractivity contribution is -0.120. The number of carbonyl (C=O) groups is 2. The van der Waals surface area contributed by atoms with Gasteiger partial charge in [-0.05, 0) is 35.9 Å². The number of benzene rings is 2. The average molecular weight is 502 g/mol. The molecule has 11 heteroatoms. The first-order chi connectivity index (χ1) is 16.3. The number of hydrogen-bond acceptors (Lipinski definition) is 8. The number of ether oxygens (including phenoxy) is 2. The molecule has 2 aromatic carbocycles. The summed E-state index contributed by atoms with van der Waals surface area (Å²) in [5.74, 6) is -0.329. The Morgan fingerprint density at radius 2 is 1.94 bits per heavy atom. The van der Waals surface area contributed by atoms with Crippen LogP contribution in [0.5, 0.6) is 5.75 Å². The predicted molar refractivity (Wildman–Crippen MR) is 130 cm³/mol. The molecule has 9 nitrogen and oxygen atoms in total. The van der Waals surface area contributed by atoms with E-state index in [4.69, 9.17) is 38.4 Å². The Kier molecular flexibility index (Phi) is 6.78. The van der Waals surface area contributed by atoms with Crippen molar-refractivity contribution in [1.82, 2.24) is 9.91 Å². The lowest BCUT2D eigenvalue weighted by Crippen LogP contribution is -2.58. The molecule has 1 radical (unpaired) electrons. The van der Waals surface area contributed by atoms with Gasteiger partial charge in [-0.1, -0.05) is 34.2 Å². The first kappa shape index (κ1) is 23.6. The van der Waals surface area contributed by atoms with Crippen LogP contribution >= 0.6 is 23.2 Å². The van der Waals surface area contributed by atoms with Gasteiger partial charge in [0.25, 0.3) is 11.7 Å². The van der Waals surface area contributed by atoms with Crippen molar-refractivity contribution in [2.45, 2.75) is 12.5 Å². The summed E-state index contributed by atoms with van der Waals surface area (Å²) in [5.41, 5.74) is 11.2. The van der Waals surface area contributed by atoms with E-state index in [-0.39, 0.29) is 0 Å². The second-order valence-corrected chi connectivity index (χ2v) is 8.20. The molecular formula is C23H21Cl2N5O4+. The molecule has 0 fully saturated rings. The van der Waals surface area contributed by atoms with Crippen molar-refractivity contribution >= 4 is 46.6 Å². The normalized spacial score (nSPS) is 17.1. The number of nitrogens with zero attached hydrogens (tertiary/aromatic N) is 3. The summed E-state index contributed by atoms with van der Waals surface area (Å²) in [6, 6.07) is 9.12. The van der Waals surface area contributed by atoms with Gasteiger partial charge in [-0.2, -0.15) is 4.99 Å². The Morgan fingerprint density at radius 3 is 2.59 bits per heavy atom. The second-order valence-electron chi connectivity index (χ2n) is 7.38. The number of aliphatic imine (C=N–C) groups is 1. The van der Waals surface area contributed by atoms with Gasteiger partial charge in [0.15, 0.2) is 11.9 Å². The molecule has 34 heavy (non-hydrogen) atoms. The predicted octanol–water partition coefficient (Wildman–Crippen LogP) is 3.39. The number of anilines is 1. The molecule has 0 aromatic heterocycles. The Bertz CT molecular complexity index is 1220. The van der Waals surface area contributed by atoms with Crippen molar-refractivity contribution in [3.63, 3.8) is 0 Å². The number of nitrogens with one attached hydrogen (secondary N) is 1. The minimum Gasteiger partial charge on any atom is -0.494 e. The number of carbonyl (C=O) groups excluding carboxylic acids is 2. The quantitative estimate of drug-likeness (QED) is 0.444. The summed E-state index contributed by atoms with van der Waals surface area (Å²) in [7, 11) is 2.77. The number of amides is 1. The molecule has 1 unspecified atom stereocenters. The van der Waals surface area contributed by atoms with E-state index in [1.165, 1.54) is 20.3 Å². The number of allylic oxidation sites excluding steroid dienone is 1. The second kappa shape index (κ2) is 9.76. The highest BCUT2D eigenvalue weighted by Crippen LogP contribution is 2.32. The first-order valence-electron chi connectivity index (χ1n) is 10.1. The summed E-state index contributed by atoms with van der Waals surface area (Å²) >= 11 is 12.8. The van der Waals surface area contributed by atoms with Gasteiger partial charge in [-0.3, -0.25) is 15.2 Å². The van der Waals surface area contributed by atoms with Crippen LogP contribution in [0.15, 0.2) is 65.7 Å². The largest absolute Gasteiger partial charge is 0.494 e. The Hall–Kier alpha value is -3.53. The van der Waals surface area contributed by atoms with Crippen LogP contribution in [0, 0.1) is 0 Å². The highest BCUT2D eigenvalue weighted by Gasteiger charge is 2.47. The zero-order valence-electron chi connectivity index (χ0n) is 18.3. The molecule has 0 bridgehead atoms. The van der Waals surface area contributed by atoms with Gasteiger partial charge in [-0.25, -0.2) is 4.79 Å². The standard InChI is InChI=1S/C23H21Cl2N5O4/c1-33-19-10-13(23(32)34-2)6-7-18(19)28-30-12-14(11-15-16(24)4-3-5-17(15)25)29-9-8-27-22(29)20(30)21(26)31/h3-10,12,20,28H,11H2,1-2H3,(H2,26,31)/q+1. The summed E-state index contributed by atoms with van der Waals surface area (Å²) in [6.07, 6.45) is 5.43. The van der Waals surface area contributed by atoms with Crippen molar-refractivity contribution in [2.75, 3.05) is 19.6 Å². The summed E-state index contributed by atoms with van der Waals surface area (Å²) in [5, 5.41) is 2.58. The number of rotatable bonds is 7. The third-order valence-electron chi connectivity index (χ3n) is 5.35. The number of hydrogen-bond donors (Lipinski definition) is 2. The fraction of sp³-hybridized carbons (Fsp3) is 0.174. The topological polar surface area (TPSA) is 112 Å². The van der Waals surface area contributed by atoms with Crippen LogP contribution in [0.3, 0.4) is 0 Å². The highest BCUT2D eigenvalue weighted by molar-refractivity contribution is 6.36. The third kappa shape index (κ3) is 4.45. The number of primary amides is 1. The van der Waals surface area contributed by atoms with E-state index in [1.807, 2.05) is 0 Å². The lowest BCUT2D eigenvalue weighted by Gasteiger charge is -2.32. The molecule has 3 N–H and O–H groups in total. The van der Waals surface area contributed by atoms with Gasteiger partial charge in [0.2, 0.25) is 6.04 Å². The van der Waals surface area contributed by atoms with Crippen LogP contribution in [0.2, 0.25) is 10.0 Å². The van der Waals surface area contributed by atoms with Gasteiger partial charge >= 0.3 is 5.97 Å². The number of fused-ring (bicyclic) bond motifs is 1. The zero-order chi connectivity index (χ0) is 24.4. The van der Waals surface area contributed by atoms with E-state index in [0.717, 1.165) is 11.3 Å². The van der Waals surface area contributed by atoms with Crippen LogP contribution in [-0.4, -0.2) is 43.0 Å². The molecule has 2 heterocycles. The van der Waals surface area contributed by atoms with Crippen LogP contribution in [0.1, 0.15) is 15.9 Å². The van der Waals surface area contributed by atoms with Crippen LogP contribution < -0.4 is 20.8 Å². The van der Waals surface area contributed by atoms with E-state index in [1.54, 1.807) is 58.8 Å². The van der Waals surface area contributed by atoms with Crippen molar-refractivity contribution < 1.29 is 19.1 Å². The maximum atomic E-state index is 12.4. The van der Waals surface area contributed by atoms with Crippen molar-refractivity contribution in [3.8, 4) is 5.75 Å². The molecule has 2 aliphatic rings. The van der Waals surface area contributed by atoms with Crippen molar-refractivity contribution in [2.24, 2.45) is 10.7 Å². The van der Waals surface area contributed by atoms with E-state index in [0.29, 0.717) is 39.3 Å². The molecule has 0 saturated carbocycles. The highest BCUT2D eigenvalue weighted by atomic mass is 35.5. The minimum atomic E-state index is -0.926. The Labute approximate surface area is 206 Å². The van der Waals surface area contributed by atoms with Crippen LogP contribution in [0.25, 0.3) is 0 Å². The maximum absolute atomic E-state index is 12.4. The summed E-state index contributed by atoms with van der Waals surface area (Å²) in [4.78, 5) is 30.5. The molecular weight excluding hydrogens is 481 g/mol. The molecule has 1 amide bonds. The molecule has 0 saturated heterocycles. The van der Waals surface area contributed by atoms with Gasteiger partial charge in [0, 0.05) is 10.0 Å². The van der Waals surface area contributed by atoms with Crippen LogP contribution in [0.4, 0.5) is 5.69 Å². The van der Waals surface area contributed by atoms with Gasteiger partial charge < -0.3 is 15.2 Å². The molecule has 2 aliphatic heterocycles. The van der Waals surface area contributed by atoms with Crippen LogP contribution in [-0.2, 0) is 16.0 Å². The molecule has 1 atom stereocenters. The molecule has 175 valence electrons. The van der Waals surface area contributed by atoms with E-state index >= 15 is 0 Å². The Morgan fingerprint density at radius 1 is 1.21 bits per heavy atom. The molecule has 4 rings (SSSR count).